The highest BCUT2D eigenvalue weighted by Crippen LogP contribution is 2.25. The van der Waals surface area contributed by atoms with E-state index in [4.69, 9.17) is 11.6 Å². The minimum absolute atomic E-state index is 0.326. The zero-order chi connectivity index (χ0) is 15.6. The Morgan fingerprint density at radius 2 is 1.86 bits per heavy atom. The molecule has 0 unspecified atom stereocenters. The maximum Gasteiger partial charge on any atom is 0.243 e. The molecule has 0 aliphatic carbocycles. The van der Waals surface area contributed by atoms with Crippen molar-refractivity contribution in [3.63, 3.8) is 0 Å². The quantitative estimate of drug-likeness (QED) is 0.799. The molecule has 4 nitrogen and oxygen atoms in total. The number of hydrogen-bond acceptors (Lipinski definition) is 3. The number of benzene rings is 1. The van der Waals surface area contributed by atoms with Crippen LogP contribution in [0.15, 0.2) is 17.0 Å². The van der Waals surface area contributed by atoms with Crippen LogP contribution in [0.2, 0.25) is 0 Å². The molecule has 1 aromatic rings. The van der Waals surface area contributed by atoms with E-state index in [1.165, 1.54) is 0 Å². The number of sulfonamides is 1. The van der Waals surface area contributed by atoms with Gasteiger partial charge < -0.3 is 4.90 Å². The molecule has 0 saturated carbocycles. The van der Waals surface area contributed by atoms with Gasteiger partial charge in [0.2, 0.25) is 10.0 Å². The fourth-order valence-electron chi connectivity index (χ4n) is 2.65. The van der Waals surface area contributed by atoms with Crippen LogP contribution in [0.25, 0.3) is 0 Å². The predicted octanol–water partition coefficient (Wildman–Crippen LogP) is 2.37. The molecule has 0 aromatic heterocycles. The molecule has 118 valence electrons. The number of aryl methyl sites for hydroxylation is 1. The van der Waals surface area contributed by atoms with Gasteiger partial charge in [0, 0.05) is 25.5 Å². The Kier molecular flexibility index (Phi) is 5.30. The summed E-state index contributed by atoms with van der Waals surface area (Å²) in [5.74, 6) is 0.326. The Bertz CT molecular complexity index is 616. The maximum atomic E-state index is 13.0. The zero-order valence-electron chi connectivity index (χ0n) is 12.9. The number of nitrogens with zero attached hydrogens (tertiary/aromatic N) is 2. The second-order valence-corrected chi connectivity index (χ2v) is 7.90. The van der Waals surface area contributed by atoms with Crippen molar-refractivity contribution in [3.05, 3.63) is 28.8 Å². The molecule has 1 aliphatic rings. The molecule has 1 heterocycles. The molecule has 1 saturated heterocycles. The number of halogens is 1. The zero-order valence-corrected chi connectivity index (χ0v) is 14.5. The second-order valence-electron chi connectivity index (χ2n) is 5.73. The van der Waals surface area contributed by atoms with Crippen molar-refractivity contribution >= 4 is 21.6 Å². The van der Waals surface area contributed by atoms with Crippen molar-refractivity contribution in [1.82, 2.24) is 9.21 Å². The van der Waals surface area contributed by atoms with Crippen molar-refractivity contribution < 1.29 is 8.42 Å². The van der Waals surface area contributed by atoms with E-state index in [1.54, 1.807) is 10.4 Å². The summed E-state index contributed by atoms with van der Waals surface area (Å²) in [7, 11) is -1.42. The average Bonchev–Trinajstić information content (AvgIpc) is 2.66. The summed E-state index contributed by atoms with van der Waals surface area (Å²) in [5.41, 5.74) is 2.64. The van der Waals surface area contributed by atoms with Gasteiger partial charge in [0.25, 0.3) is 0 Å². The number of alkyl halides is 1. The van der Waals surface area contributed by atoms with Crippen molar-refractivity contribution in [1.29, 1.82) is 0 Å². The van der Waals surface area contributed by atoms with Gasteiger partial charge in [-0.25, -0.2) is 8.42 Å². The third-order valence-corrected chi connectivity index (χ3v) is 6.46. The Labute approximate surface area is 132 Å². The molecule has 0 atom stereocenters. The second kappa shape index (κ2) is 6.65. The van der Waals surface area contributed by atoms with E-state index in [0.29, 0.717) is 23.9 Å². The molecule has 21 heavy (non-hydrogen) atoms. The molecule has 2 rings (SSSR count). The first kappa shape index (κ1) is 16.7. The molecular weight excluding hydrogens is 308 g/mol. The normalized spacial score (nSPS) is 18.7. The molecule has 1 aliphatic heterocycles. The first-order valence-electron chi connectivity index (χ1n) is 7.21. The van der Waals surface area contributed by atoms with E-state index in [9.17, 15) is 8.42 Å². The van der Waals surface area contributed by atoms with E-state index >= 15 is 0 Å². The van der Waals surface area contributed by atoms with E-state index in [-0.39, 0.29) is 0 Å². The minimum Gasteiger partial charge on any atom is -0.305 e. The van der Waals surface area contributed by atoms with Gasteiger partial charge in [0.1, 0.15) is 0 Å². The lowest BCUT2D eigenvalue weighted by atomic mass is 10.1. The lowest BCUT2D eigenvalue weighted by Crippen LogP contribution is -2.35. The van der Waals surface area contributed by atoms with Crippen LogP contribution in [0.3, 0.4) is 0 Å². The fourth-order valence-corrected chi connectivity index (χ4v) is 4.62. The van der Waals surface area contributed by atoms with E-state index in [1.807, 2.05) is 27.0 Å². The molecule has 0 N–H and O–H groups in total. The van der Waals surface area contributed by atoms with E-state index in [2.05, 4.69) is 4.90 Å². The molecule has 0 amide bonds. The first-order valence-corrected chi connectivity index (χ1v) is 9.18. The Morgan fingerprint density at radius 3 is 2.52 bits per heavy atom. The molecule has 1 aromatic carbocycles. The van der Waals surface area contributed by atoms with Crippen LogP contribution in [-0.2, 0) is 15.9 Å². The topological polar surface area (TPSA) is 40.6 Å². The van der Waals surface area contributed by atoms with Crippen LogP contribution in [0, 0.1) is 13.8 Å². The Hall–Kier alpha value is -0.620. The van der Waals surface area contributed by atoms with Crippen molar-refractivity contribution in [3.8, 4) is 0 Å². The van der Waals surface area contributed by atoms with Gasteiger partial charge in [-0.15, -0.1) is 11.6 Å². The van der Waals surface area contributed by atoms with Gasteiger partial charge in [-0.2, -0.15) is 4.31 Å². The summed E-state index contributed by atoms with van der Waals surface area (Å²) in [6.07, 6.45) is 0.864. The van der Waals surface area contributed by atoms with E-state index < -0.39 is 10.0 Å². The van der Waals surface area contributed by atoms with Crippen LogP contribution in [-0.4, -0.2) is 50.8 Å². The third kappa shape index (κ3) is 3.59. The summed E-state index contributed by atoms with van der Waals surface area (Å²) in [6.45, 7) is 6.63. The minimum atomic E-state index is -3.45. The highest BCUT2D eigenvalue weighted by atomic mass is 35.5. The van der Waals surface area contributed by atoms with E-state index in [0.717, 1.165) is 36.2 Å². The van der Waals surface area contributed by atoms with Gasteiger partial charge >= 0.3 is 0 Å². The van der Waals surface area contributed by atoms with Gasteiger partial charge in [-0.05, 0) is 56.6 Å². The lowest BCUT2D eigenvalue weighted by Gasteiger charge is -2.22. The Morgan fingerprint density at radius 1 is 1.14 bits per heavy atom. The number of hydrogen-bond donors (Lipinski definition) is 0. The molecule has 6 heteroatoms. The SMILES string of the molecule is Cc1cc(CCl)cc(S(=O)(=O)N2CCCN(C)CC2)c1C. The van der Waals surface area contributed by atoms with Crippen LogP contribution in [0.4, 0.5) is 0 Å². The summed E-state index contributed by atoms with van der Waals surface area (Å²) >= 11 is 5.89. The summed E-state index contributed by atoms with van der Waals surface area (Å²) in [6, 6.07) is 3.68. The average molecular weight is 331 g/mol. The highest BCUT2D eigenvalue weighted by Gasteiger charge is 2.28. The Balaban J connectivity index is 2.41. The first-order chi connectivity index (χ1) is 9.86. The monoisotopic (exact) mass is 330 g/mol. The molecule has 0 bridgehead atoms. The summed E-state index contributed by atoms with van der Waals surface area (Å²) < 4.78 is 27.5. The molecule has 0 spiro atoms. The fraction of sp³-hybridized carbons (Fsp3) is 0.600. The standard InChI is InChI=1S/C15H23ClN2O2S/c1-12-9-14(11-16)10-15(13(12)2)21(19,20)18-6-4-5-17(3)7-8-18/h9-10H,4-8,11H2,1-3H3. The van der Waals surface area contributed by atoms with Gasteiger partial charge in [-0.1, -0.05) is 6.07 Å². The smallest absolute Gasteiger partial charge is 0.243 e. The summed E-state index contributed by atoms with van der Waals surface area (Å²) in [5, 5.41) is 0. The molecule has 1 fully saturated rings. The summed E-state index contributed by atoms with van der Waals surface area (Å²) in [4.78, 5) is 2.57. The van der Waals surface area contributed by atoms with Crippen LogP contribution in [0.1, 0.15) is 23.1 Å². The highest BCUT2D eigenvalue weighted by molar-refractivity contribution is 7.89. The molecular formula is C15H23ClN2O2S. The van der Waals surface area contributed by atoms with Gasteiger partial charge in [0.15, 0.2) is 0 Å². The predicted molar refractivity (Wildman–Crippen MR) is 86.3 cm³/mol. The van der Waals surface area contributed by atoms with Crippen molar-refractivity contribution in [2.24, 2.45) is 0 Å². The van der Waals surface area contributed by atoms with Gasteiger partial charge in [0.05, 0.1) is 4.90 Å². The van der Waals surface area contributed by atoms with Crippen LogP contribution >= 0.6 is 11.6 Å². The maximum absolute atomic E-state index is 13.0. The van der Waals surface area contributed by atoms with Crippen molar-refractivity contribution in [2.75, 3.05) is 33.2 Å². The molecule has 0 radical (unpaired) electrons. The van der Waals surface area contributed by atoms with Gasteiger partial charge in [-0.3, -0.25) is 0 Å². The number of rotatable bonds is 3. The largest absolute Gasteiger partial charge is 0.305 e. The van der Waals surface area contributed by atoms with Crippen LogP contribution in [0.5, 0.6) is 0 Å². The third-order valence-electron chi connectivity index (χ3n) is 4.13. The lowest BCUT2D eigenvalue weighted by molar-refractivity contribution is 0.347. The number of likely N-dealkylation sites (N-methyl/N-ethyl adjacent to an activating group) is 1. The van der Waals surface area contributed by atoms with Crippen LogP contribution < -0.4 is 0 Å². The van der Waals surface area contributed by atoms with Crippen molar-refractivity contribution in [2.45, 2.75) is 31.0 Å².